The third kappa shape index (κ3) is 3.19. The molecule has 1 fully saturated rings. The highest BCUT2D eigenvalue weighted by Crippen LogP contribution is 2.33. The fourth-order valence-corrected chi connectivity index (χ4v) is 3.45. The summed E-state index contributed by atoms with van der Waals surface area (Å²) >= 11 is 0. The van der Waals surface area contributed by atoms with Gasteiger partial charge in [-0.3, -0.25) is 9.69 Å². The van der Waals surface area contributed by atoms with E-state index in [1.165, 1.54) is 5.69 Å². The zero-order valence-corrected chi connectivity index (χ0v) is 14.1. The third-order valence-electron chi connectivity index (χ3n) is 4.76. The van der Waals surface area contributed by atoms with Crippen LogP contribution in [0.15, 0.2) is 42.6 Å². The van der Waals surface area contributed by atoms with Crippen LogP contribution in [0.4, 0.5) is 5.69 Å². The molecule has 1 aromatic carbocycles. The first-order valence-corrected chi connectivity index (χ1v) is 8.28. The van der Waals surface area contributed by atoms with Crippen molar-refractivity contribution in [2.45, 2.75) is 31.8 Å². The molecule has 3 rings (SSSR count). The van der Waals surface area contributed by atoms with Gasteiger partial charge in [0.2, 0.25) is 5.91 Å². The molecule has 1 aliphatic heterocycles. The Morgan fingerprint density at radius 3 is 2.92 bits per heavy atom. The number of carbonyl (C=O) groups excluding carboxylic acids is 1. The zero-order valence-electron chi connectivity index (χ0n) is 14.1. The fraction of sp³-hybridized carbons (Fsp3) is 0.368. The molecule has 0 unspecified atom stereocenters. The predicted octanol–water partition coefficient (Wildman–Crippen LogP) is 3.06. The molecule has 0 spiro atoms. The van der Waals surface area contributed by atoms with Crippen molar-refractivity contribution >= 4 is 11.6 Å². The lowest BCUT2D eigenvalue weighted by molar-refractivity contribution is -0.121. The van der Waals surface area contributed by atoms with Gasteiger partial charge in [-0.2, -0.15) is 5.26 Å². The number of nitrogens with zero attached hydrogens (tertiary/aromatic N) is 3. The average molecular weight is 322 g/mol. The molecule has 0 saturated carbocycles. The highest BCUT2D eigenvalue weighted by atomic mass is 16.2. The van der Waals surface area contributed by atoms with Gasteiger partial charge < -0.3 is 9.88 Å². The molecule has 5 nitrogen and oxygen atoms in total. The molecular weight excluding hydrogens is 300 g/mol. The summed E-state index contributed by atoms with van der Waals surface area (Å²) in [6.07, 6.45) is 4.21. The topological polar surface area (TPSA) is 61.1 Å². The van der Waals surface area contributed by atoms with Crippen molar-refractivity contribution < 1.29 is 4.79 Å². The molecular formula is C19H22N4O. The van der Waals surface area contributed by atoms with Gasteiger partial charge in [-0.15, -0.1) is 0 Å². The van der Waals surface area contributed by atoms with Gasteiger partial charge in [-0.1, -0.05) is 6.07 Å². The number of aromatic nitrogens is 1. The summed E-state index contributed by atoms with van der Waals surface area (Å²) in [6, 6.07) is 13.3. The molecule has 24 heavy (non-hydrogen) atoms. The van der Waals surface area contributed by atoms with E-state index in [9.17, 15) is 4.79 Å². The summed E-state index contributed by atoms with van der Waals surface area (Å²) in [5.41, 5.74) is 2.46. The number of nitriles is 1. The van der Waals surface area contributed by atoms with Crippen LogP contribution in [0, 0.1) is 11.3 Å². The second-order valence-electron chi connectivity index (χ2n) is 6.30. The molecule has 1 saturated heterocycles. The Bertz CT molecular complexity index is 774. The molecule has 1 aromatic heterocycles. The normalized spacial score (nSPS) is 19.0. The summed E-state index contributed by atoms with van der Waals surface area (Å²) in [4.78, 5) is 14.9. The van der Waals surface area contributed by atoms with Gasteiger partial charge in [0.25, 0.3) is 0 Å². The quantitative estimate of drug-likeness (QED) is 0.941. The fourth-order valence-electron chi connectivity index (χ4n) is 3.45. The van der Waals surface area contributed by atoms with Crippen molar-refractivity contribution in [3.8, 4) is 6.07 Å². The SMILES string of the molecule is C[C@H](C(=O)Nc1cccc(C#N)c1)N1CCC[C@@H]1c1cccn1C. The molecule has 2 atom stereocenters. The molecule has 0 radical (unpaired) electrons. The largest absolute Gasteiger partial charge is 0.353 e. The van der Waals surface area contributed by atoms with Crippen LogP contribution < -0.4 is 5.32 Å². The van der Waals surface area contributed by atoms with Crippen LogP contribution >= 0.6 is 0 Å². The summed E-state index contributed by atoms with van der Waals surface area (Å²) in [5, 5.41) is 11.9. The maximum Gasteiger partial charge on any atom is 0.241 e. The second kappa shape index (κ2) is 6.90. The molecule has 0 bridgehead atoms. The maximum absolute atomic E-state index is 12.7. The first-order valence-electron chi connectivity index (χ1n) is 8.28. The predicted molar refractivity (Wildman–Crippen MR) is 93.3 cm³/mol. The molecule has 1 aliphatic rings. The molecule has 1 amide bonds. The lowest BCUT2D eigenvalue weighted by atomic mass is 10.1. The van der Waals surface area contributed by atoms with Crippen LogP contribution in [0.5, 0.6) is 0 Å². The summed E-state index contributed by atoms with van der Waals surface area (Å²) in [6.45, 7) is 2.87. The molecule has 1 N–H and O–H groups in total. The molecule has 2 heterocycles. The van der Waals surface area contributed by atoms with E-state index in [0.29, 0.717) is 11.3 Å². The number of nitrogens with one attached hydrogen (secondary N) is 1. The number of anilines is 1. The van der Waals surface area contributed by atoms with Crippen molar-refractivity contribution in [1.29, 1.82) is 5.26 Å². The number of aryl methyl sites for hydroxylation is 1. The van der Waals surface area contributed by atoms with Crippen molar-refractivity contribution in [3.05, 3.63) is 53.9 Å². The Morgan fingerprint density at radius 2 is 2.21 bits per heavy atom. The second-order valence-corrected chi connectivity index (χ2v) is 6.30. The average Bonchev–Trinajstić information content (AvgIpc) is 3.22. The Kier molecular flexibility index (Phi) is 4.68. The minimum atomic E-state index is -0.224. The van der Waals surface area contributed by atoms with Crippen molar-refractivity contribution in [3.63, 3.8) is 0 Å². The van der Waals surface area contributed by atoms with E-state index in [1.807, 2.05) is 32.3 Å². The minimum absolute atomic E-state index is 0.0359. The molecule has 124 valence electrons. The monoisotopic (exact) mass is 322 g/mol. The van der Waals surface area contributed by atoms with Gasteiger partial charge in [0, 0.05) is 24.6 Å². The van der Waals surface area contributed by atoms with Crippen LogP contribution in [0.25, 0.3) is 0 Å². The standard InChI is InChI=1S/C19H22N4O/c1-14(19(24)21-16-7-3-6-15(12-16)13-20)23-11-5-9-18(23)17-8-4-10-22(17)2/h3-4,6-8,10,12,14,18H,5,9,11H2,1-2H3,(H,21,24)/t14-,18-/m1/s1. The smallest absolute Gasteiger partial charge is 0.241 e. The van der Waals surface area contributed by atoms with Gasteiger partial charge in [0.05, 0.1) is 23.7 Å². The summed E-state index contributed by atoms with van der Waals surface area (Å²) < 4.78 is 2.13. The van der Waals surface area contributed by atoms with Crippen LogP contribution in [-0.4, -0.2) is 28.0 Å². The van der Waals surface area contributed by atoms with Gasteiger partial charge in [0.15, 0.2) is 0 Å². The molecule has 5 heteroatoms. The van der Waals surface area contributed by atoms with Crippen LogP contribution in [-0.2, 0) is 11.8 Å². The lowest BCUT2D eigenvalue weighted by Crippen LogP contribution is -2.42. The Balaban J connectivity index is 1.73. The van der Waals surface area contributed by atoms with E-state index in [4.69, 9.17) is 5.26 Å². The number of benzene rings is 1. The van der Waals surface area contributed by atoms with Crippen LogP contribution in [0.3, 0.4) is 0 Å². The van der Waals surface area contributed by atoms with Crippen molar-refractivity contribution in [2.75, 3.05) is 11.9 Å². The number of rotatable bonds is 4. The van der Waals surface area contributed by atoms with E-state index in [2.05, 4.69) is 26.9 Å². The number of hydrogen-bond donors (Lipinski definition) is 1. The van der Waals surface area contributed by atoms with Gasteiger partial charge in [0.1, 0.15) is 0 Å². The maximum atomic E-state index is 12.7. The summed E-state index contributed by atoms with van der Waals surface area (Å²) in [5.74, 6) is -0.0359. The number of likely N-dealkylation sites (tertiary alicyclic amines) is 1. The van der Waals surface area contributed by atoms with E-state index in [-0.39, 0.29) is 18.0 Å². The van der Waals surface area contributed by atoms with Gasteiger partial charge in [-0.05, 0) is 56.6 Å². The van der Waals surface area contributed by atoms with Crippen LogP contribution in [0.2, 0.25) is 0 Å². The van der Waals surface area contributed by atoms with Crippen molar-refractivity contribution in [1.82, 2.24) is 9.47 Å². The highest BCUT2D eigenvalue weighted by molar-refractivity contribution is 5.94. The minimum Gasteiger partial charge on any atom is -0.353 e. The van der Waals surface area contributed by atoms with Gasteiger partial charge in [-0.25, -0.2) is 0 Å². The molecule has 2 aromatic rings. The van der Waals surface area contributed by atoms with E-state index in [0.717, 1.165) is 19.4 Å². The number of hydrogen-bond acceptors (Lipinski definition) is 3. The Labute approximate surface area is 142 Å². The van der Waals surface area contributed by atoms with E-state index >= 15 is 0 Å². The Morgan fingerprint density at radius 1 is 1.38 bits per heavy atom. The Hall–Kier alpha value is -2.58. The highest BCUT2D eigenvalue weighted by Gasteiger charge is 2.34. The van der Waals surface area contributed by atoms with E-state index in [1.54, 1.807) is 18.2 Å². The third-order valence-corrected chi connectivity index (χ3v) is 4.76. The number of amides is 1. The first kappa shape index (κ1) is 16.3. The van der Waals surface area contributed by atoms with Crippen molar-refractivity contribution in [2.24, 2.45) is 7.05 Å². The first-order chi connectivity index (χ1) is 11.6. The zero-order chi connectivity index (χ0) is 17.1. The lowest BCUT2D eigenvalue weighted by Gasteiger charge is -2.30. The van der Waals surface area contributed by atoms with Gasteiger partial charge >= 0.3 is 0 Å². The number of carbonyl (C=O) groups is 1. The van der Waals surface area contributed by atoms with Crippen LogP contribution in [0.1, 0.15) is 37.1 Å². The molecule has 0 aliphatic carbocycles. The summed E-state index contributed by atoms with van der Waals surface area (Å²) in [7, 11) is 2.05. The van der Waals surface area contributed by atoms with E-state index < -0.39 is 0 Å².